The van der Waals surface area contributed by atoms with Crippen molar-refractivity contribution >= 4 is 11.6 Å². The highest BCUT2D eigenvalue weighted by Crippen LogP contribution is 2.20. The lowest BCUT2D eigenvalue weighted by Gasteiger charge is -2.30. The monoisotopic (exact) mass is 301 g/mol. The van der Waals surface area contributed by atoms with Crippen molar-refractivity contribution < 1.29 is 9.53 Å². The summed E-state index contributed by atoms with van der Waals surface area (Å²) in [6.07, 6.45) is 4.06. The van der Waals surface area contributed by atoms with Gasteiger partial charge in [0.15, 0.2) is 0 Å². The zero-order valence-corrected chi connectivity index (χ0v) is 13.3. The molecule has 5 nitrogen and oxygen atoms in total. The first kappa shape index (κ1) is 15.0. The van der Waals surface area contributed by atoms with Gasteiger partial charge in [-0.25, -0.2) is 4.98 Å². The second-order valence-corrected chi connectivity index (χ2v) is 5.95. The fourth-order valence-corrected chi connectivity index (χ4v) is 3.16. The van der Waals surface area contributed by atoms with Gasteiger partial charge in [0.1, 0.15) is 5.65 Å². The number of likely N-dealkylation sites (tertiary alicyclic amines) is 1. The van der Waals surface area contributed by atoms with Gasteiger partial charge in [0.2, 0.25) is 0 Å². The predicted molar refractivity (Wildman–Crippen MR) is 84.6 cm³/mol. The molecule has 2 aromatic heterocycles. The first-order chi connectivity index (χ1) is 10.7. The summed E-state index contributed by atoms with van der Waals surface area (Å²) in [4.78, 5) is 18.9. The van der Waals surface area contributed by atoms with E-state index in [0.717, 1.165) is 43.8 Å². The van der Waals surface area contributed by atoms with Crippen LogP contribution in [0, 0.1) is 12.8 Å². The number of aryl methyl sites for hydroxylation is 1. The van der Waals surface area contributed by atoms with Crippen molar-refractivity contribution in [3.63, 3.8) is 0 Å². The third kappa shape index (κ3) is 3.14. The molecule has 3 heterocycles. The van der Waals surface area contributed by atoms with Crippen LogP contribution in [-0.2, 0) is 16.1 Å². The van der Waals surface area contributed by atoms with Crippen molar-refractivity contribution in [2.24, 2.45) is 5.92 Å². The van der Waals surface area contributed by atoms with Gasteiger partial charge < -0.3 is 9.14 Å². The van der Waals surface area contributed by atoms with E-state index in [0.29, 0.717) is 6.61 Å². The molecule has 2 aromatic rings. The third-order valence-corrected chi connectivity index (χ3v) is 4.26. The van der Waals surface area contributed by atoms with Crippen LogP contribution in [-0.4, -0.2) is 40.0 Å². The number of pyridine rings is 1. The molecule has 0 amide bonds. The largest absolute Gasteiger partial charge is 0.466 e. The molecule has 1 aliphatic heterocycles. The van der Waals surface area contributed by atoms with Gasteiger partial charge in [0.05, 0.1) is 18.2 Å². The van der Waals surface area contributed by atoms with Crippen LogP contribution >= 0.6 is 0 Å². The number of ether oxygens (including phenoxy) is 1. The van der Waals surface area contributed by atoms with E-state index in [2.05, 4.69) is 33.5 Å². The van der Waals surface area contributed by atoms with Crippen molar-refractivity contribution in [2.45, 2.75) is 33.2 Å². The number of hydrogen-bond acceptors (Lipinski definition) is 4. The number of imidazole rings is 1. The molecule has 1 unspecified atom stereocenters. The smallest absolute Gasteiger partial charge is 0.310 e. The summed E-state index contributed by atoms with van der Waals surface area (Å²) < 4.78 is 7.27. The fourth-order valence-electron chi connectivity index (χ4n) is 3.16. The lowest BCUT2D eigenvalue weighted by molar-refractivity contribution is -0.150. The summed E-state index contributed by atoms with van der Waals surface area (Å²) in [5, 5.41) is 0. The molecule has 5 heteroatoms. The maximum Gasteiger partial charge on any atom is 0.310 e. The number of aromatic nitrogens is 2. The number of hydrogen-bond donors (Lipinski definition) is 0. The highest BCUT2D eigenvalue weighted by Gasteiger charge is 2.27. The van der Waals surface area contributed by atoms with E-state index in [4.69, 9.17) is 4.74 Å². The Morgan fingerprint density at radius 1 is 1.45 bits per heavy atom. The van der Waals surface area contributed by atoms with E-state index < -0.39 is 0 Å². The molecule has 1 aliphatic rings. The van der Waals surface area contributed by atoms with E-state index in [1.807, 2.05) is 19.1 Å². The average molecular weight is 301 g/mol. The molecule has 118 valence electrons. The van der Waals surface area contributed by atoms with Gasteiger partial charge in [-0.1, -0.05) is 6.07 Å². The molecule has 0 bridgehead atoms. The van der Waals surface area contributed by atoms with Crippen LogP contribution in [0.25, 0.3) is 5.65 Å². The predicted octanol–water partition coefficient (Wildman–Crippen LogP) is 2.42. The van der Waals surface area contributed by atoms with Crippen molar-refractivity contribution in [1.82, 2.24) is 14.3 Å². The molecular formula is C17H23N3O2. The van der Waals surface area contributed by atoms with Crippen LogP contribution in [0.1, 0.15) is 31.2 Å². The first-order valence-corrected chi connectivity index (χ1v) is 8.00. The molecule has 0 N–H and O–H groups in total. The van der Waals surface area contributed by atoms with Gasteiger partial charge in [-0.2, -0.15) is 0 Å². The molecule has 1 atom stereocenters. The van der Waals surface area contributed by atoms with Crippen LogP contribution in [0.15, 0.2) is 24.4 Å². The maximum absolute atomic E-state index is 11.9. The first-order valence-electron chi connectivity index (χ1n) is 8.00. The molecule has 1 saturated heterocycles. The Morgan fingerprint density at radius 2 is 2.32 bits per heavy atom. The van der Waals surface area contributed by atoms with Crippen molar-refractivity contribution in [2.75, 3.05) is 19.7 Å². The summed E-state index contributed by atoms with van der Waals surface area (Å²) in [5.74, 6) is -0.0505. The summed E-state index contributed by atoms with van der Waals surface area (Å²) in [6, 6.07) is 6.13. The van der Waals surface area contributed by atoms with E-state index in [1.165, 1.54) is 5.69 Å². The second-order valence-electron chi connectivity index (χ2n) is 5.95. The summed E-state index contributed by atoms with van der Waals surface area (Å²) >= 11 is 0. The zero-order valence-electron chi connectivity index (χ0n) is 13.3. The molecule has 3 rings (SSSR count). The molecule has 0 radical (unpaired) electrons. The number of esters is 1. The Morgan fingerprint density at radius 3 is 3.09 bits per heavy atom. The van der Waals surface area contributed by atoms with Gasteiger partial charge in [-0.3, -0.25) is 9.69 Å². The topological polar surface area (TPSA) is 46.8 Å². The molecule has 22 heavy (non-hydrogen) atoms. The number of fused-ring (bicyclic) bond motifs is 1. The van der Waals surface area contributed by atoms with E-state index in [9.17, 15) is 4.79 Å². The Kier molecular flexibility index (Phi) is 4.43. The fraction of sp³-hybridized carbons (Fsp3) is 0.529. The SMILES string of the molecule is CCOC(=O)C1CCCN(Cc2cn3c(C)cccc3n2)C1. The number of carbonyl (C=O) groups is 1. The molecule has 1 fully saturated rings. The van der Waals surface area contributed by atoms with Crippen molar-refractivity contribution in [1.29, 1.82) is 0 Å². The summed E-state index contributed by atoms with van der Waals surface area (Å²) in [5.41, 5.74) is 3.21. The molecule has 0 spiro atoms. The van der Waals surface area contributed by atoms with Gasteiger partial charge in [-0.15, -0.1) is 0 Å². The number of rotatable bonds is 4. The van der Waals surface area contributed by atoms with Crippen LogP contribution < -0.4 is 0 Å². The lowest BCUT2D eigenvalue weighted by Crippen LogP contribution is -2.39. The van der Waals surface area contributed by atoms with Gasteiger partial charge in [0, 0.05) is 25.0 Å². The quantitative estimate of drug-likeness (QED) is 0.814. The molecule has 0 aromatic carbocycles. The Labute approximate surface area is 130 Å². The lowest BCUT2D eigenvalue weighted by atomic mass is 9.98. The minimum atomic E-state index is -0.0574. The molecule has 0 aliphatic carbocycles. The highest BCUT2D eigenvalue weighted by atomic mass is 16.5. The van der Waals surface area contributed by atoms with Crippen molar-refractivity contribution in [3.05, 3.63) is 35.8 Å². The highest BCUT2D eigenvalue weighted by molar-refractivity contribution is 5.72. The van der Waals surface area contributed by atoms with Crippen LogP contribution in [0.4, 0.5) is 0 Å². The second kappa shape index (κ2) is 6.48. The van der Waals surface area contributed by atoms with Crippen LogP contribution in [0.2, 0.25) is 0 Å². The van der Waals surface area contributed by atoms with Crippen molar-refractivity contribution in [3.8, 4) is 0 Å². The number of carbonyl (C=O) groups excluding carboxylic acids is 1. The average Bonchev–Trinajstić information content (AvgIpc) is 2.92. The summed E-state index contributed by atoms with van der Waals surface area (Å²) in [6.45, 7) is 6.97. The van der Waals surface area contributed by atoms with E-state index >= 15 is 0 Å². The zero-order chi connectivity index (χ0) is 15.5. The Hall–Kier alpha value is -1.88. The minimum absolute atomic E-state index is 0.00691. The van der Waals surface area contributed by atoms with Crippen LogP contribution in [0.3, 0.4) is 0 Å². The maximum atomic E-state index is 11.9. The van der Waals surface area contributed by atoms with E-state index in [1.54, 1.807) is 0 Å². The summed E-state index contributed by atoms with van der Waals surface area (Å²) in [7, 11) is 0. The number of nitrogens with zero attached hydrogens (tertiary/aromatic N) is 3. The molecule has 0 saturated carbocycles. The standard InChI is InChI=1S/C17H23N3O2/c1-3-22-17(21)14-7-5-9-19(10-14)11-15-12-20-13(2)6-4-8-16(20)18-15/h4,6,8,12,14H,3,5,7,9-11H2,1-2H3. The third-order valence-electron chi connectivity index (χ3n) is 4.26. The minimum Gasteiger partial charge on any atom is -0.466 e. The Bertz CT molecular complexity index is 665. The normalized spacial score (nSPS) is 19.5. The van der Waals surface area contributed by atoms with Crippen LogP contribution in [0.5, 0.6) is 0 Å². The Balaban J connectivity index is 1.69. The number of piperidine rings is 1. The van der Waals surface area contributed by atoms with Gasteiger partial charge >= 0.3 is 5.97 Å². The van der Waals surface area contributed by atoms with E-state index in [-0.39, 0.29) is 11.9 Å². The van der Waals surface area contributed by atoms with Gasteiger partial charge in [0.25, 0.3) is 0 Å². The van der Waals surface area contributed by atoms with Gasteiger partial charge in [-0.05, 0) is 45.4 Å². The molecular weight excluding hydrogens is 278 g/mol.